The standard InChI is InChI=1S/C17H21F4N5.C3H6/c1-10(2)24-26-11(3)13-8-12(17(19,20)21)9-14(18)15(13)23-16(26)25-6-4-22-5-7-25;1-3-2/h8-9,11,22H,4-7H2,1-3H3;3H,1H2,2H3. The summed E-state index contributed by atoms with van der Waals surface area (Å²) in [4.78, 5) is 6.34. The zero-order valence-electron chi connectivity index (χ0n) is 17.1. The molecule has 0 aromatic heterocycles. The van der Waals surface area contributed by atoms with E-state index in [9.17, 15) is 17.6 Å². The van der Waals surface area contributed by atoms with Crippen molar-refractivity contribution in [3.05, 3.63) is 41.7 Å². The Balaban J connectivity index is 0.000000941. The molecule has 3 rings (SSSR count). The van der Waals surface area contributed by atoms with E-state index in [4.69, 9.17) is 0 Å². The Labute approximate surface area is 168 Å². The number of halogens is 4. The van der Waals surface area contributed by atoms with Gasteiger partial charge in [0.15, 0.2) is 0 Å². The summed E-state index contributed by atoms with van der Waals surface area (Å²) >= 11 is 0. The molecule has 0 bridgehead atoms. The second-order valence-corrected chi connectivity index (χ2v) is 7.02. The van der Waals surface area contributed by atoms with Gasteiger partial charge in [0.05, 0.1) is 11.6 Å². The Morgan fingerprint density at radius 3 is 2.38 bits per heavy atom. The van der Waals surface area contributed by atoms with Crippen LogP contribution in [0.2, 0.25) is 0 Å². The maximum atomic E-state index is 14.5. The van der Waals surface area contributed by atoms with Crippen LogP contribution in [0.15, 0.2) is 34.9 Å². The Morgan fingerprint density at radius 1 is 1.28 bits per heavy atom. The Bertz CT molecular complexity index is 791. The highest BCUT2D eigenvalue weighted by Crippen LogP contribution is 2.41. The number of allylic oxidation sites excluding steroid dienone is 1. The minimum atomic E-state index is -4.62. The fraction of sp³-hybridized carbons (Fsp3) is 0.500. The van der Waals surface area contributed by atoms with Crippen molar-refractivity contribution >= 4 is 17.4 Å². The molecule has 0 spiro atoms. The number of alkyl halides is 3. The van der Waals surface area contributed by atoms with Gasteiger partial charge in [-0.25, -0.2) is 14.4 Å². The van der Waals surface area contributed by atoms with E-state index in [2.05, 4.69) is 22.0 Å². The molecule has 1 unspecified atom stereocenters. The smallest absolute Gasteiger partial charge is 0.338 e. The van der Waals surface area contributed by atoms with Gasteiger partial charge >= 0.3 is 6.18 Å². The van der Waals surface area contributed by atoms with Crippen molar-refractivity contribution in [3.63, 3.8) is 0 Å². The lowest BCUT2D eigenvalue weighted by Crippen LogP contribution is -2.52. The first kappa shape index (κ1) is 22.9. The molecule has 2 aliphatic rings. The first-order valence-corrected chi connectivity index (χ1v) is 9.43. The van der Waals surface area contributed by atoms with E-state index in [1.165, 1.54) is 0 Å². The van der Waals surface area contributed by atoms with Crippen LogP contribution in [0.1, 0.15) is 44.9 Å². The summed E-state index contributed by atoms with van der Waals surface area (Å²) < 4.78 is 53.7. The van der Waals surface area contributed by atoms with Crippen molar-refractivity contribution in [1.82, 2.24) is 15.2 Å². The summed E-state index contributed by atoms with van der Waals surface area (Å²) in [7, 11) is 0. The van der Waals surface area contributed by atoms with Crippen molar-refractivity contribution < 1.29 is 17.6 Å². The van der Waals surface area contributed by atoms with Crippen LogP contribution < -0.4 is 5.32 Å². The van der Waals surface area contributed by atoms with Gasteiger partial charge in [0, 0.05) is 37.5 Å². The molecule has 0 amide bonds. The fourth-order valence-corrected chi connectivity index (χ4v) is 3.10. The van der Waals surface area contributed by atoms with Gasteiger partial charge in [-0.2, -0.15) is 18.3 Å². The Morgan fingerprint density at radius 2 is 1.86 bits per heavy atom. The molecule has 1 N–H and O–H groups in total. The monoisotopic (exact) mass is 413 g/mol. The van der Waals surface area contributed by atoms with Crippen LogP contribution in [0.3, 0.4) is 0 Å². The van der Waals surface area contributed by atoms with Gasteiger partial charge in [-0.05, 0) is 39.8 Å². The Hall–Kier alpha value is -2.42. The van der Waals surface area contributed by atoms with E-state index in [0.717, 1.165) is 24.9 Å². The van der Waals surface area contributed by atoms with Gasteiger partial charge in [0.1, 0.15) is 11.5 Å². The predicted molar refractivity (Wildman–Crippen MR) is 108 cm³/mol. The van der Waals surface area contributed by atoms with Gasteiger partial charge in [-0.3, -0.25) is 0 Å². The van der Waals surface area contributed by atoms with Gasteiger partial charge in [-0.15, -0.1) is 6.58 Å². The zero-order valence-corrected chi connectivity index (χ0v) is 17.1. The number of nitrogens with one attached hydrogen (secondary N) is 1. The maximum Gasteiger partial charge on any atom is 0.416 e. The second-order valence-electron chi connectivity index (χ2n) is 7.02. The molecule has 9 heteroatoms. The van der Waals surface area contributed by atoms with Crippen molar-refractivity contribution in [3.8, 4) is 0 Å². The third kappa shape index (κ3) is 5.35. The molecule has 1 aromatic carbocycles. The average molecular weight is 413 g/mol. The number of hydrazone groups is 1. The third-order valence-corrected chi connectivity index (χ3v) is 4.36. The number of piperazine rings is 1. The van der Waals surface area contributed by atoms with Gasteiger partial charge in [-0.1, -0.05) is 6.08 Å². The number of benzene rings is 1. The van der Waals surface area contributed by atoms with Crippen molar-refractivity contribution in [2.45, 2.75) is 39.9 Å². The summed E-state index contributed by atoms with van der Waals surface area (Å²) in [6.45, 7) is 13.4. The maximum absolute atomic E-state index is 14.5. The van der Waals surface area contributed by atoms with Crippen molar-refractivity contribution in [2.24, 2.45) is 10.1 Å². The zero-order chi connectivity index (χ0) is 21.8. The molecule has 0 saturated carbocycles. The number of aliphatic imine (C=N–C) groups is 1. The lowest BCUT2D eigenvalue weighted by molar-refractivity contribution is -0.137. The van der Waals surface area contributed by atoms with E-state index >= 15 is 0 Å². The Kier molecular flexibility index (Phi) is 7.40. The second kappa shape index (κ2) is 9.39. The lowest BCUT2D eigenvalue weighted by Gasteiger charge is -2.40. The molecule has 2 heterocycles. The highest BCUT2D eigenvalue weighted by Gasteiger charge is 2.37. The number of rotatable bonds is 1. The summed E-state index contributed by atoms with van der Waals surface area (Å²) in [5.74, 6) is -0.502. The van der Waals surface area contributed by atoms with Crippen LogP contribution in [-0.2, 0) is 6.18 Å². The summed E-state index contributed by atoms with van der Waals surface area (Å²) in [5, 5.41) is 9.26. The number of fused-ring (bicyclic) bond motifs is 1. The molecule has 5 nitrogen and oxygen atoms in total. The number of guanidine groups is 1. The van der Waals surface area contributed by atoms with E-state index in [-0.39, 0.29) is 11.3 Å². The van der Waals surface area contributed by atoms with Crippen LogP contribution in [0.25, 0.3) is 0 Å². The number of hydrogen-bond acceptors (Lipinski definition) is 5. The largest absolute Gasteiger partial charge is 0.416 e. The first-order valence-electron chi connectivity index (χ1n) is 9.43. The lowest BCUT2D eigenvalue weighted by atomic mass is 10.00. The number of hydrogen-bond donors (Lipinski definition) is 1. The highest BCUT2D eigenvalue weighted by atomic mass is 19.4. The highest BCUT2D eigenvalue weighted by molar-refractivity contribution is 5.88. The van der Waals surface area contributed by atoms with Crippen molar-refractivity contribution in [2.75, 3.05) is 26.2 Å². The molecule has 1 atom stereocenters. The van der Waals surface area contributed by atoms with E-state index < -0.39 is 23.6 Å². The van der Waals surface area contributed by atoms with Crippen LogP contribution in [0.5, 0.6) is 0 Å². The molecule has 1 aromatic rings. The van der Waals surface area contributed by atoms with Crippen LogP contribution in [0.4, 0.5) is 23.2 Å². The van der Waals surface area contributed by atoms with Crippen LogP contribution >= 0.6 is 0 Å². The molecule has 0 radical (unpaired) electrons. The van der Waals surface area contributed by atoms with Gasteiger partial charge in [0.2, 0.25) is 5.96 Å². The summed E-state index contributed by atoms with van der Waals surface area (Å²) in [6, 6.07) is 0.905. The summed E-state index contributed by atoms with van der Waals surface area (Å²) in [6.07, 6.45) is -2.87. The third-order valence-electron chi connectivity index (χ3n) is 4.36. The minimum absolute atomic E-state index is 0.0424. The summed E-state index contributed by atoms with van der Waals surface area (Å²) in [5.41, 5.74) is -0.144. The first-order chi connectivity index (χ1) is 13.6. The van der Waals surface area contributed by atoms with Crippen LogP contribution in [-0.4, -0.2) is 47.8 Å². The minimum Gasteiger partial charge on any atom is -0.338 e. The normalized spacial score (nSPS) is 18.9. The van der Waals surface area contributed by atoms with Gasteiger partial charge < -0.3 is 10.2 Å². The quantitative estimate of drug-likeness (QED) is 0.412. The SMILES string of the molecule is C=CC.CC(C)=NN1C(N2CCNCC2)=Nc2c(F)cc(C(F)(F)F)cc2C1C. The van der Waals surface area contributed by atoms with E-state index in [1.807, 2.05) is 11.8 Å². The molecule has 1 saturated heterocycles. The molecule has 0 aliphatic carbocycles. The average Bonchev–Trinajstić information content (AvgIpc) is 2.64. The van der Waals surface area contributed by atoms with Crippen LogP contribution in [0, 0.1) is 5.82 Å². The molecule has 29 heavy (non-hydrogen) atoms. The molecular formula is C20H27F4N5. The predicted octanol–water partition coefficient (Wildman–Crippen LogP) is 4.70. The van der Waals surface area contributed by atoms with Crippen molar-refractivity contribution in [1.29, 1.82) is 0 Å². The van der Waals surface area contributed by atoms with E-state index in [0.29, 0.717) is 25.1 Å². The van der Waals surface area contributed by atoms with Gasteiger partial charge in [0.25, 0.3) is 0 Å². The molecular weight excluding hydrogens is 386 g/mol. The number of nitrogens with zero attached hydrogens (tertiary/aromatic N) is 4. The molecule has 2 aliphatic heterocycles. The molecule has 160 valence electrons. The molecule has 1 fully saturated rings. The fourth-order valence-electron chi connectivity index (χ4n) is 3.10. The van der Waals surface area contributed by atoms with E-state index in [1.54, 1.807) is 31.9 Å². The topological polar surface area (TPSA) is 43.2 Å².